The van der Waals surface area contributed by atoms with Gasteiger partial charge in [-0.2, -0.15) is 0 Å². The van der Waals surface area contributed by atoms with E-state index in [4.69, 9.17) is 21.1 Å². The second-order valence-electron chi connectivity index (χ2n) is 2.80. The zero-order valence-electron chi connectivity index (χ0n) is 8.75. The Morgan fingerprint density at radius 3 is 2.67 bits per heavy atom. The van der Waals surface area contributed by atoms with E-state index >= 15 is 0 Å². The van der Waals surface area contributed by atoms with Crippen LogP contribution >= 0.6 is 11.6 Å². The highest BCUT2D eigenvalue weighted by molar-refractivity contribution is 6.33. The van der Waals surface area contributed by atoms with Crippen LogP contribution in [0.3, 0.4) is 0 Å². The van der Waals surface area contributed by atoms with Crippen LogP contribution in [0.5, 0.6) is 5.75 Å². The maximum atomic E-state index is 11.5. The summed E-state index contributed by atoms with van der Waals surface area (Å²) in [5.41, 5.74) is 0.337. The van der Waals surface area contributed by atoms with Gasteiger partial charge in [0, 0.05) is 0 Å². The van der Waals surface area contributed by atoms with Gasteiger partial charge in [0.2, 0.25) is 0 Å². The standard InChI is InChI=1S/C11H13ClO3/c1-3-14-8-5-6-10(12)9(7-8)11(13)15-4-2/h5-7H,3-4H2,1-2H3. The van der Waals surface area contributed by atoms with Gasteiger partial charge >= 0.3 is 5.97 Å². The molecule has 3 nitrogen and oxygen atoms in total. The van der Waals surface area contributed by atoms with Gasteiger partial charge in [-0.1, -0.05) is 11.6 Å². The van der Waals surface area contributed by atoms with Gasteiger partial charge in [0.05, 0.1) is 23.8 Å². The van der Waals surface area contributed by atoms with E-state index in [2.05, 4.69) is 0 Å². The van der Waals surface area contributed by atoms with Crippen LogP contribution in [0, 0.1) is 0 Å². The first-order valence-electron chi connectivity index (χ1n) is 4.78. The zero-order chi connectivity index (χ0) is 11.3. The summed E-state index contributed by atoms with van der Waals surface area (Å²) >= 11 is 5.87. The van der Waals surface area contributed by atoms with Gasteiger partial charge in [0.15, 0.2) is 0 Å². The number of rotatable bonds is 4. The molecule has 0 N–H and O–H groups in total. The summed E-state index contributed by atoms with van der Waals surface area (Å²) in [5, 5.41) is 0.372. The third kappa shape index (κ3) is 3.13. The summed E-state index contributed by atoms with van der Waals surface area (Å²) in [6, 6.07) is 4.93. The molecule has 0 aliphatic carbocycles. The van der Waals surface area contributed by atoms with Crippen LogP contribution in [0.2, 0.25) is 5.02 Å². The summed E-state index contributed by atoms with van der Waals surface area (Å²) in [6.45, 7) is 4.49. The quantitative estimate of drug-likeness (QED) is 0.744. The van der Waals surface area contributed by atoms with Gasteiger partial charge in [-0.05, 0) is 32.0 Å². The number of hydrogen-bond acceptors (Lipinski definition) is 3. The van der Waals surface area contributed by atoms with Gasteiger partial charge in [-0.15, -0.1) is 0 Å². The molecule has 1 aromatic rings. The summed E-state index contributed by atoms with van der Waals surface area (Å²) in [6.07, 6.45) is 0. The third-order valence-electron chi connectivity index (χ3n) is 1.74. The molecule has 0 aliphatic rings. The second kappa shape index (κ2) is 5.61. The largest absolute Gasteiger partial charge is 0.494 e. The van der Waals surface area contributed by atoms with Crippen molar-refractivity contribution in [3.63, 3.8) is 0 Å². The van der Waals surface area contributed by atoms with Crippen LogP contribution in [0.25, 0.3) is 0 Å². The smallest absolute Gasteiger partial charge is 0.339 e. The molecule has 0 saturated carbocycles. The van der Waals surface area contributed by atoms with Crippen molar-refractivity contribution in [3.05, 3.63) is 28.8 Å². The molecule has 0 radical (unpaired) electrons. The molecule has 0 saturated heterocycles. The van der Waals surface area contributed by atoms with Crippen molar-refractivity contribution < 1.29 is 14.3 Å². The maximum Gasteiger partial charge on any atom is 0.339 e. The molecule has 1 rings (SSSR count). The molecule has 4 heteroatoms. The Hall–Kier alpha value is -1.22. The van der Waals surface area contributed by atoms with Crippen molar-refractivity contribution in [2.75, 3.05) is 13.2 Å². The van der Waals surface area contributed by atoms with E-state index in [0.717, 1.165) is 0 Å². The average Bonchev–Trinajstić information content (AvgIpc) is 2.21. The fourth-order valence-corrected chi connectivity index (χ4v) is 1.32. The number of carbonyl (C=O) groups excluding carboxylic acids is 1. The van der Waals surface area contributed by atoms with E-state index in [9.17, 15) is 4.79 Å². The van der Waals surface area contributed by atoms with Gasteiger partial charge in [0.25, 0.3) is 0 Å². The predicted octanol–water partition coefficient (Wildman–Crippen LogP) is 2.92. The van der Waals surface area contributed by atoms with E-state index in [0.29, 0.717) is 29.5 Å². The van der Waals surface area contributed by atoms with E-state index in [1.807, 2.05) is 6.92 Å². The van der Waals surface area contributed by atoms with Gasteiger partial charge in [-0.25, -0.2) is 4.79 Å². The SMILES string of the molecule is CCOC(=O)c1cc(OCC)ccc1Cl. The number of halogens is 1. The highest BCUT2D eigenvalue weighted by atomic mass is 35.5. The minimum Gasteiger partial charge on any atom is -0.494 e. The van der Waals surface area contributed by atoms with Crippen molar-refractivity contribution in [2.45, 2.75) is 13.8 Å². The molecular formula is C11H13ClO3. The molecular weight excluding hydrogens is 216 g/mol. The molecule has 0 heterocycles. The molecule has 0 atom stereocenters. The Labute approximate surface area is 93.9 Å². The van der Waals surface area contributed by atoms with Crippen molar-refractivity contribution >= 4 is 17.6 Å². The fraction of sp³-hybridized carbons (Fsp3) is 0.364. The van der Waals surface area contributed by atoms with Crippen LogP contribution in [0.4, 0.5) is 0 Å². The molecule has 15 heavy (non-hydrogen) atoms. The Balaban J connectivity index is 2.94. The Morgan fingerprint density at radius 2 is 2.07 bits per heavy atom. The van der Waals surface area contributed by atoms with Gasteiger partial charge in [-0.3, -0.25) is 0 Å². The van der Waals surface area contributed by atoms with Gasteiger partial charge < -0.3 is 9.47 Å². The minimum absolute atomic E-state index is 0.327. The lowest BCUT2D eigenvalue weighted by molar-refractivity contribution is 0.0526. The van der Waals surface area contributed by atoms with Crippen LogP contribution in [0.15, 0.2) is 18.2 Å². The van der Waals surface area contributed by atoms with E-state index in [1.54, 1.807) is 25.1 Å². The maximum absolute atomic E-state index is 11.5. The van der Waals surface area contributed by atoms with Crippen LogP contribution in [-0.2, 0) is 4.74 Å². The molecule has 0 fully saturated rings. The number of hydrogen-bond donors (Lipinski definition) is 0. The fourth-order valence-electron chi connectivity index (χ4n) is 1.13. The zero-order valence-corrected chi connectivity index (χ0v) is 9.50. The van der Waals surface area contributed by atoms with Crippen molar-refractivity contribution in [3.8, 4) is 5.75 Å². The lowest BCUT2D eigenvalue weighted by Crippen LogP contribution is -2.05. The van der Waals surface area contributed by atoms with Crippen LogP contribution in [0.1, 0.15) is 24.2 Å². The molecule has 82 valence electrons. The lowest BCUT2D eigenvalue weighted by Gasteiger charge is -2.07. The van der Waals surface area contributed by atoms with E-state index in [-0.39, 0.29) is 0 Å². The van der Waals surface area contributed by atoms with Crippen molar-refractivity contribution in [1.29, 1.82) is 0 Å². The van der Waals surface area contributed by atoms with Crippen molar-refractivity contribution in [1.82, 2.24) is 0 Å². The van der Waals surface area contributed by atoms with Crippen LogP contribution < -0.4 is 4.74 Å². The Morgan fingerprint density at radius 1 is 1.33 bits per heavy atom. The molecule has 1 aromatic carbocycles. The molecule has 0 aliphatic heterocycles. The number of benzene rings is 1. The predicted molar refractivity (Wildman–Crippen MR) is 58.6 cm³/mol. The minimum atomic E-state index is -0.427. The highest BCUT2D eigenvalue weighted by Gasteiger charge is 2.12. The number of ether oxygens (including phenoxy) is 2. The highest BCUT2D eigenvalue weighted by Crippen LogP contribution is 2.22. The van der Waals surface area contributed by atoms with Crippen LogP contribution in [-0.4, -0.2) is 19.2 Å². The summed E-state index contributed by atoms with van der Waals surface area (Å²) < 4.78 is 10.1. The number of esters is 1. The first-order valence-corrected chi connectivity index (χ1v) is 5.16. The lowest BCUT2D eigenvalue weighted by atomic mass is 10.2. The molecule has 0 amide bonds. The second-order valence-corrected chi connectivity index (χ2v) is 3.20. The Bertz CT molecular complexity index is 350. The van der Waals surface area contributed by atoms with Gasteiger partial charge in [0.1, 0.15) is 5.75 Å². The number of carbonyl (C=O) groups is 1. The monoisotopic (exact) mass is 228 g/mol. The average molecular weight is 229 g/mol. The summed E-state index contributed by atoms with van der Waals surface area (Å²) in [4.78, 5) is 11.5. The molecule has 0 spiro atoms. The topological polar surface area (TPSA) is 35.5 Å². The van der Waals surface area contributed by atoms with Crippen molar-refractivity contribution in [2.24, 2.45) is 0 Å². The molecule has 0 bridgehead atoms. The summed E-state index contributed by atoms with van der Waals surface area (Å²) in [5.74, 6) is 0.189. The third-order valence-corrected chi connectivity index (χ3v) is 2.07. The first-order chi connectivity index (χ1) is 7.19. The normalized spacial score (nSPS) is 9.80. The summed E-state index contributed by atoms with van der Waals surface area (Å²) in [7, 11) is 0. The van der Waals surface area contributed by atoms with E-state index < -0.39 is 5.97 Å². The molecule has 0 aromatic heterocycles. The Kier molecular flexibility index (Phi) is 4.43. The first kappa shape index (κ1) is 11.9. The van der Waals surface area contributed by atoms with E-state index in [1.165, 1.54) is 0 Å². The molecule has 0 unspecified atom stereocenters.